The molecule has 0 radical (unpaired) electrons. The lowest BCUT2D eigenvalue weighted by Crippen LogP contribution is -2.17. The van der Waals surface area contributed by atoms with E-state index in [2.05, 4.69) is 39.2 Å². The summed E-state index contributed by atoms with van der Waals surface area (Å²) < 4.78 is 1.65. The van der Waals surface area contributed by atoms with E-state index in [1.54, 1.807) is 10.6 Å². The Morgan fingerprint density at radius 1 is 1.14 bits per heavy atom. The van der Waals surface area contributed by atoms with Gasteiger partial charge in [0.2, 0.25) is 0 Å². The van der Waals surface area contributed by atoms with Gasteiger partial charge in [0.25, 0.3) is 5.56 Å². The van der Waals surface area contributed by atoms with Crippen LogP contribution >= 0.6 is 0 Å². The molecule has 1 fully saturated rings. The average Bonchev–Trinajstić information content (AvgIpc) is 3.16. The number of fused-ring (bicyclic) bond motifs is 1. The smallest absolute Gasteiger partial charge is 0.274 e. The van der Waals surface area contributed by atoms with Crippen molar-refractivity contribution in [3.8, 4) is 11.3 Å². The molecule has 1 aliphatic heterocycles. The van der Waals surface area contributed by atoms with Crippen molar-refractivity contribution >= 4 is 11.2 Å². The average molecular weight is 294 g/mol. The van der Waals surface area contributed by atoms with Gasteiger partial charge < -0.3 is 9.88 Å². The summed E-state index contributed by atoms with van der Waals surface area (Å²) in [5, 5.41) is 4.33. The van der Waals surface area contributed by atoms with Gasteiger partial charge in [-0.1, -0.05) is 12.1 Å². The van der Waals surface area contributed by atoms with Crippen LogP contribution in [0.15, 0.2) is 41.3 Å². The lowest BCUT2D eigenvalue weighted by Gasteiger charge is -2.17. The molecule has 0 saturated carbocycles. The first-order valence-electron chi connectivity index (χ1n) is 7.65. The van der Waals surface area contributed by atoms with Crippen molar-refractivity contribution in [3.63, 3.8) is 0 Å². The summed E-state index contributed by atoms with van der Waals surface area (Å²) in [4.78, 5) is 17.5. The highest BCUT2D eigenvalue weighted by molar-refractivity contribution is 5.64. The molecular formula is C17H18N4O. The van der Waals surface area contributed by atoms with Gasteiger partial charge in [-0.15, -0.1) is 0 Å². The SMILES string of the molecule is Cc1cc2c(=O)[nH]c(-c3ccc(N4CCCC4)cc3)cn2n1. The summed E-state index contributed by atoms with van der Waals surface area (Å²) in [7, 11) is 0. The van der Waals surface area contributed by atoms with Gasteiger partial charge in [0.15, 0.2) is 0 Å². The van der Waals surface area contributed by atoms with Crippen LogP contribution in [0.2, 0.25) is 0 Å². The van der Waals surface area contributed by atoms with Crippen LogP contribution in [-0.4, -0.2) is 27.7 Å². The van der Waals surface area contributed by atoms with Crippen molar-refractivity contribution in [3.05, 3.63) is 52.6 Å². The summed E-state index contributed by atoms with van der Waals surface area (Å²) >= 11 is 0. The van der Waals surface area contributed by atoms with Crippen LogP contribution in [0.5, 0.6) is 0 Å². The Bertz CT molecular complexity index is 870. The van der Waals surface area contributed by atoms with E-state index >= 15 is 0 Å². The highest BCUT2D eigenvalue weighted by Gasteiger charge is 2.12. The van der Waals surface area contributed by atoms with Crippen molar-refractivity contribution in [2.24, 2.45) is 0 Å². The van der Waals surface area contributed by atoms with Crippen LogP contribution < -0.4 is 10.5 Å². The zero-order valence-corrected chi connectivity index (χ0v) is 12.5. The maximum absolute atomic E-state index is 12.1. The van der Waals surface area contributed by atoms with Crippen LogP contribution in [0.25, 0.3) is 16.8 Å². The molecule has 5 heteroatoms. The van der Waals surface area contributed by atoms with E-state index in [4.69, 9.17) is 0 Å². The molecule has 0 spiro atoms. The third kappa shape index (κ3) is 2.19. The Labute approximate surface area is 128 Å². The van der Waals surface area contributed by atoms with E-state index in [1.165, 1.54) is 18.5 Å². The van der Waals surface area contributed by atoms with Crippen molar-refractivity contribution in [1.29, 1.82) is 0 Å². The first kappa shape index (κ1) is 13.1. The fraction of sp³-hybridized carbons (Fsp3) is 0.294. The molecule has 0 unspecified atom stereocenters. The van der Waals surface area contributed by atoms with Crippen LogP contribution in [-0.2, 0) is 0 Å². The highest BCUT2D eigenvalue weighted by Crippen LogP contribution is 2.24. The Hall–Kier alpha value is -2.56. The van der Waals surface area contributed by atoms with E-state index < -0.39 is 0 Å². The Morgan fingerprint density at radius 3 is 2.59 bits per heavy atom. The topological polar surface area (TPSA) is 53.4 Å². The standard InChI is InChI=1S/C17H18N4O/c1-12-10-16-17(22)18-15(11-21(16)19-12)13-4-6-14(7-5-13)20-8-2-3-9-20/h4-7,10-11H,2-3,8-9H2,1H3,(H,18,22). The van der Waals surface area contributed by atoms with Gasteiger partial charge >= 0.3 is 0 Å². The molecule has 1 saturated heterocycles. The zero-order valence-electron chi connectivity index (χ0n) is 12.5. The second-order valence-corrected chi connectivity index (χ2v) is 5.85. The molecule has 1 N–H and O–H groups in total. The fourth-order valence-corrected chi connectivity index (χ4v) is 3.10. The van der Waals surface area contributed by atoms with Crippen LogP contribution in [0.3, 0.4) is 0 Å². The minimum absolute atomic E-state index is 0.110. The second-order valence-electron chi connectivity index (χ2n) is 5.85. The molecule has 4 rings (SSSR count). The number of H-pyrrole nitrogens is 1. The molecule has 5 nitrogen and oxygen atoms in total. The molecule has 1 aromatic carbocycles. The molecule has 22 heavy (non-hydrogen) atoms. The predicted octanol–water partition coefficient (Wildman–Crippen LogP) is 2.60. The zero-order chi connectivity index (χ0) is 15.1. The molecule has 112 valence electrons. The van der Waals surface area contributed by atoms with Gasteiger partial charge in [-0.3, -0.25) is 4.79 Å². The monoisotopic (exact) mass is 294 g/mol. The van der Waals surface area contributed by atoms with Gasteiger partial charge in [-0.05, 0) is 43.5 Å². The largest absolute Gasteiger partial charge is 0.372 e. The van der Waals surface area contributed by atoms with Gasteiger partial charge in [0.05, 0.1) is 17.6 Å². The van der Waals surface area contributed by atoms with E-state index in [0.29, 0.717) is 5.52 Å². The third-order valence-electron chi connectivity index (χ3n) is 4.24. The van der Waals surface area contributed by atoms with Crippen molar-refractivity contribution < 1.29 is 0 Å². The molecule has 0 bridgehead atoms. The normalized spacial score (nSPS) is 14.9. The van der Waals surface area contributed by atoms with Crippen molar-refractivity contribution in [2.45, 2.75) is 19.8 Å². The van der Waals surface area contributed by atoms with Gasteiger partial charge in [-0.2, -0.15) is 5.10 Å². The predicted molar refractivity (Wildman–Crippen MR) is 87.4 cm³/mol. The highest BCUT2D eigenvalue weighted by atomic mass is 16.1. The fourth-order valence-electron chi connectivity index (χ4n) is 3.10. The molecule has 3 aromatic rings. The molecule has 0 aliphatic carbocycles. The van der Waals surface area contributed by atoms with E-state index in [1.807, 2.05) is 13.1 Å². The molecule has 0 atom stereocenters. The van der Waals surface area contributed by atoms with E-state index in [9.17, 15) is 4.79 Å². The molecule has 2 aromatic heterocycles. The number of hydrogen-bond donors (Lipinski definition) is 1. The summed E-state index contributed by atoms with van der Waals surface area (Å²) in [5.41, 5.74) is 4.34. The Morgan fingerprint density at radius 2 is 1.86 bits per heavy atom. The molecule has 3 heterocycles. The minimum atomic E-state index is -0.110. The van der Waals surface area contributed by atoms with Crippen LogP contribution in [0, 0.1) is 6.92 Å². The van der Waals surface area contributed by atoms with Gasteiger partial charge in [0, 0.05) is 18.8 Å². The second kappa shape index (κ2) is 5.02. The summed E-state index contributed by atoms with van der Waals surface area (Å²) in [6, 6.07) is 10.1. The van der Waals surface area contributed by atoms with Gasteiger partial charge in [-0.25, -0.2) is 4.52 Å². The molecular weight excluding hydrogens is 276 g/mol. The number of aromatic nitrogens is 3. The van der Waals surface area contributed by atoms with Crippen LogP contribution in [0.4, 0.5) is 5.69 Å². The third-order valence-corrected chi connectivity index (χ3v) is 4.24. The number of rotatable bonds is 2. The number of anilines is 1. The number of benzene rings is 1. The maximum atomic E-state index is 12.1. The minimum Gasteiger partial charge on any atom is -0.372 e. The quantitative estimate of drug-likeness (QED) is 0.790. The number of nitrogens with one attached hydrogen (secondary N) is 1. The Balaban J connectivity index is 1.73. The van der Waals surface area contributed by atoms with Crippen LogP contribution in [0.1, 0.15) is 18.5 Å². The number of hydrogen-bond acceptors (Lipinski definition) is 3. The summed E-state index contributed by atoms with van der Waals surface area (Å²) in [6.07, 6.45) is 4.41. The van der Waals surface area contributed by atoms with Gasteiger partial charge in [0.1, 0.15) is 5.52 Å². The first-order valence-corrected chi connectivity index (χ1v) is 7.65. The summed E-state index contributed by atoms with van der Waals surface area (Å²) in [6.45, 7) is 4.15. The summed E-state index contributed by atoms with van der Waals surface area (Å²) in [5.74, 6) is 0. The van der Waals surface area contributed by atoms with Crippen molar-refractivity contribution in [1.82, 2.24) is 14.6 Å². The molecule has 0 amide bonds. The van der Waals surface area contributed by atoms with E-state index in [-0.39, 0.29) is 5.56 Å². The number of aromatic amines is 1. The van der Waals surface area contributed by atoms with E-state index in [0.717, 1.165) is 30.0 Å². The lowest BCUT2D eigenvalue weighted by atomic mass is 10.1. The van der Waals surface area contributed by atoms with Crippen molar-refractivity contribution in [2.75, 3.05) is 18.0 Å². The Kier molecular flexibility index (Phi) is 2.99. The maximum Gasteiger partial charge on any atom is 0.274 e. The number of nitrogens with zero attached hydrogens (tertiary/aromatic N) is 3. The first-order chi connectivity index (χ1) is 10.7. The lowest BCUT2D eigenvalue weighted by molar-refractivity contribution is 0.917. The molecule has 1 aliphatic rings. The number of aryl methyl sites for hydroxylation is 1.